The van der Waals surface area contributed by atoms with Crippen molar-refractivity contribution >= 4 is 34.6 Å². The smallest absolute Gasteiger partial charge is 0.298 e. The summed E-state index contributed by atoms with van der Waals surface area (Å²) in [5, 5.41) is 0.615. The summed E-state index contributed by atoms with van der Waals surface area (Å²) < 4.78 is 16.8. The van der Waals surface area contributed by atoms with E-state index in [4.69, 9.17) is 25.5 Å². The summed E-state index contributed by atoms with van der Waals surface area (Å²) in [6.07, 6.45) is -0.504. The third kappa shape index (κ3) is 3.07. The number of amides is 1. The van der Waals surface area contributed by atoms with Gasteiger partial charge in [-0.3, -0.25) is 4.79 Å². The lowest BCUT2D eigenvalue weighted by Crippen LogP contribution is -2.53. The number of benzene rings is 1. The van der Waals surface area contributed by atoms with Gasteiger partial charge in [0.05, 0.1) is 26.4 Å². The topological polar surface area (TPSA) is 68.0 Å². The highest BCUT2D eigenvalue weighted by Gasteiger charge is 2.32. The van der Waals surface area contributed by atoms with E-state index in [0.29, 0.717) is 68.1 Å². The Hall–Kier alpha value is -1.83. The summed E-state index contributed by atoms with van der Waals surface area (Å²) in [6, 6.07) is 5.82. The first kappa shape index (κ1) is 15.7. The third-order valence-corrected chi connectivity index (χ3v) is 4.51. The van der Waals surface area contributed by atoms with Crippen LogP contribution in [0.3, 0.4) is 0 Å². The molecule has 3 heterocycles. The summed E-state index contributed by atoms with van der Waals surface area (Å²) in [5.74, 6) is 0.00200. The minimum Gasteiger partial charge on any atom is -0.423 e. The van der Waals surface area contributed by atoms with Gasteiger partial charge in [-0.05, 0) is 18.2 Å². The van der Waals surface area contributed by atoms with Crippen LogP contribution in [0.25, 0.3) is 11.1 Å². The molecule has 8 heteroatoms. The minimum absolute atomic E-state index is 0.00200. The Morgan fingerprint density at radius 2 is 2.04 bits per heavy atom. The molecule has 7 nitrogen and oxygen atoms in total. The normalized spacial score (nSPS) is 22.1. The maximum Gasteiger partial charge on any atom is 0.298 e. The zero-order valence-corrected chi connectivity index (χ0v) is 13.9. The predicted octanol–water partition coefficient (Wildman–Crippen LogP) is 1.55. The summed E-state index contributed by atoms with van der Waals surface area (Å²) in [4.78, 5) is 20.8. The molecule has 2 aliphatic rings. The van der Waals surface area contributed by atoms with Crippen LogP contribution in [-0.2, 0) is 14.3 Å². The molecule has 24 heavy (non-hydrogen) atoms. The molecular weight excluding hydrogens is 334 g/mol. The minimum atomic E-state index is -0.504. The van der Waals surface area contributed by atoms with Crippen LogP contribution >= 0.6 is 11.6 Å². The van der Waals surface area contributed by atoms with Gasteiger partial charge in [-0.2, -0.15) is 4.98 Å². The first-order chi connectivity index (χ1) is 11.7. The Labute approximate surface area is 144 Å². The second kappa shape index (κ2) is 6.58. The van der Waals surface area contributed by atoms with Crippen LogP contribution < -0.4 is 4.90 Å². The second-order valence-electron chi connectivity index (χ2n) is 5.85. The largest absolute Gasteiger partial charge is 0.423 e. The molecule has 4 rings (SSSR count). The van der Waals surface area contributed by atoms with E-state index in [0.717, 1.165) is 0 Å². The molecule has 0 saturated carbocycles. The van der Waals surface area contributed by atoms with Crippen molar-refractivity contribution in [3.8, 4) is 0 Å². The number of halogens is 1. The molecule has 1 aromatic carbocycles. The molecule has 2 aliphatic heterocycles. The summed E-state index contributed by atoms with van der Waals surface area (Å²) >= 11 is 5.99. The average molecular weight is 352 g/mol. The predicted molar refractivity (Wildman–Crippen MR) is 88.4 cm³/mol. The number of anilines is 1. The van der Waals surface area contributed by atoms with E-state index in [1.54, 1.807) is 23.1 Å². The number of fused-ring (bicyclic) bond motifs is 1. The van der Waals surface area contributed by atoms with Gasteiger partial charge in [0.1, 0.15) is 5.52 Å². The zero-order valence-electron chi connectivity index (χ0n) is 13.1. The van der Waals surface area contributed by atoms with E-state index in [1.165, 1.54) is 0 Å². The Kier molecular flexibility index (Phi) is 4.30. The molecule has 1 amide bonds. The molecule has 0 N–H and O–H groups in total. The second-order valence-corrected chi connectivity index (χ2v) is 6.29. The van der Waals surface area contributed by atoms with Crippen molar-refractivity contribution in [3.05, 3.63) is 23.2 Å². The number of morpholine rings is 2. The fourth-order valence-electron chi connectivity index (χ4n) is 2.98. The highest BCUT2D eigenvalue weighted by atomic mass is 35.5. The van der Waals surface area contributed by atoms with Crippen molar-refractivity contribution in [3.63, 3.8) is 0 Å². The van der Waals surface area contributed by atoms with Crippen LogP contribution in [-0.4, -0.2) is 67.9 Å². The van der Waals surface area contributed by atoms with Gasteiger partial charge in [0.15, 0.2) is 11.7 Å². The number of carbonyl (C=O) groups excluding carboxylic acids is 1. The Morgan fingerprint density at radius 3 is 2.88 bits per heavy atom. The third-order valence-electron chi connectivity index (χ3n) is 4.27. The molecule has 1 atom stereocenters. The summed E-state index contributed by atoms with van der Waals surface area (Å²) in [5.41, 5.74) is 1.39. The quantitative estimate of drug-likeness (QED) is 0.817. The maximum atomic E-state index is 12.6. The maximum absolute atomic E-state index is 12.6. The molecule has 2 saturated heterocycles. The number of carbonyl (C=O) groups is 1. The van der Waals surface area contributed by atoms with Gasteiger partial charge in [0.25, 0.3) is 11.9 Å². The van der Waals surface area contributed by atoms with Gasteiger partial charge in [-0.25, -0.2) is 0 Å². The Bertz CT molecular complexity index is 744. The lowest BCUT2D eigenvalue weighted by Gasteiger charge is -2.35. The lowest BCUT2D eigenvalue weighted by atomic mass is 10.2. The number of hydrogen-bond acceptors (Lipinski definition) is 6. The van der Waals surface area contributed by atoms with Gasteiger partial charge in [-0.1, -0.05) is 11.6 Å². The van der Waals surface area contributed by atoms with Gasteiger partial charge >= 0.3 is 0 Å². The van der Waals surface area contributed by atoms with Crippen molar-refractivity contribution in [2.45, 2.75) is 6.10 Å². The molecule has 0 bridgehead atoms. The van der Waals surface area contributed by atoms with Crippen molar-refractivity contribution in [2.75, 3.05) is 50.9 Å². The fourth-order valence-corrected chi connectivity index (χ4v) is 3.15. The van der Waals surface area contributed by atoms with Crippen LogP contribution in [0.15, 0.2) is 22.6 Å². The van der Waals surface area contributed by atoms with Crippen molar-refractivity contribution in [2.24, 2.45) is 0 Å². The van der Waals surface area contributed by atoms with Crippen molar-refractivity contribution in [1.29, 1.82) is 0 Å². The molecule has 128 valence electrons. The van der Waals surface area contributed by atoms with Gasteiger partial charge in [0, 0.05) is 24.7 Å². The number of hydrogen-bond donors (Lipinski definition) is 0. The van der Waals surface area contributed by atoms with Crippen LogP contribution in [0, 0.1) is 0 Å². The molecule has 0 spiro atoms. The standard InChI is InChI=1S/C16H18ClN3O4/c17-11-1-2-13-12(9-11)18-16(24-13)20-5-8-23-14(10-20)15(21)19-3-6-22-7-4-19/h1-2,9,14H,3-8,10H2. The molecule has 1 aromatic heterocycles. The molecule has 1 unspecified atom stereocenters. The molecule has 2 aromatic rings. The van der Waals surface area contributed by atoms with Crippen LogP contribution in [0.2, 0.25) is 5.02 Å². The van der Waals surface area contributed by atoms with Crippen LogP contribution in [0.4, 0.5) is 6.01 Å². The lowest BCUT2D eigenvalue weighted by molar-refractivity contribution is -0.148. The first-order valence-electron chi connectivity index (χ1n) is 8.00. The monoisotopic (exact) mass is 351 g/mol. The van der Waals surface area contributed by atoms with Crippen molar-refractivity contribution in [1.82, 2.24) is 9.88 Å². The van der Waals surface area contributed by atoms with Crippen LogP contribution in [0.1, 0.15) is 0 Å². The number of rotatable bonds is 2. The van der Waals surface area contributed by atoms with E-state index >= 15 is 0 Å². The van der Waals surface area contributed by atoms with Gasteiger partial charge < -0.3 is 23.7 Å². The van der Waals surface area contributed by atoms with Crippen LogP contribution in [0.5, 0.6) is 0 Å². The van der Waals surface area contributed by atoms with E-state index in [9.17, 15) is 4.79 Å². The SMILES string of the molecule is O=C(C1CN(c2nc3cc(Cl)ccc3o2)CCO1)N1CCOCC1. The zero-order chi connectivity index (χ0) is 16.5. The number of aromatic nitrogens is 1. The molecule has 2 fully saturated rings. The number of nitrogens with zero attached hydrogens (tertiary/aromatic N) is 3. The van der Waals surface area contributed by atoms with E-state index in [2.05, 4.69) is 4.98 Å². The highest BCUT2D eigenvalue weighted by Crippen LogP contribution is 2.26. The molecular formula is C16H18ClN3O4. The average Bonchev–Trinajstić information content (AvgIpc) is 3.05. The van der Waals surface area contributed by atoms with Gasteiger partial charge in [0.2, 0.25) is 0 Å². The number of ether oxygens (including phenoxy) is 2. The first-order valence-corrected chi connectivity index (χ1v) is 8.38. The highest BCUT2D eigenvalue weighted by molar-refractivity contribution is 6.31. The summed E-state index contributed by atoms with van der Waals surface area (Å²) in [7, 11) is 0. The summed E-state index contributed by atoms with van der Waals surface area (Å²) in [6.45, 7) is 3.90. The van der Waals surface area contributed by atoms with E-state index in [-0.39, 0.29) is 5.91 Å². The fraction of sp³-hybridized carbons (Fsp3) is 0.500. The van der Waals surface area contributed by atoms with E-state index in [1.807, 2.05) is 4.90 Å². The van der Waals surface area contributed by atoms with E-state index < -0.39 is 6.10 Å². The molecule has 0 radical (unpaired) electrons. The molecule has 0 aliphatic carbocycles. The van der Waals surface area contributed by atoms with Gasteiger partial charge in [-0.15, -0.1) is 0 Å². The number of oxazole rings is 1. The van der Waals surface area contributed by atoms with Crippen molar-refractivity contribution < 1.29 is 18.7 Å². The Balaban J connectivity index is 1.50. The Morgan fingerprint density at radius 1 is 1.21 bits per heavy atom.